The van der Waals surface area contributed by atoms with E-state index in [4.69, 9.17) is 5.11 Å². The van der Waals surface area contributed by atoms with Gasteiger partial charge in [0.1, 0.15) is 6.04 Å². The molecule has 5 heteroatoms. The molecule has 0 bridgehead atoms. The summed E-state index contributed by atoms with van der Waals surface area (Å²) in [4.78, 5) is 21.6. The van der Waals surface area contributed by atoms with Gasteiger partial charge in [-0.2, -0.15) is 0 Å². The Morgan fingerprint density at radius 2 is 1.93 bits per heavy atom. The van der Waals surface area contributed by atoms with Gasteiger partial charge in [-0.25, -0.2) is 0 Å². The van der Waals surface area contributed by atoms with Gasteiger partial charge in [0, 0.05) is 6.04 Å². The number of amides is 1. The molecule has 0 radical (unpaired) electrons. The summed E-state index contributed by atoms with van der Waals surface area (Å²) in [6, 6.07) is -0.567. The number of carbonyl (C=O) groups is 2. The highest BCUT2D eigenvalue weighted by Gasteiger charge is 2.12. The second-order valence-electron chi connectivity index (χ2n) is 3.32. The van der Waals surface area contributed by atoms with Crippen molar-refractivity contribution in [2.24, 2.45) is 0 Å². The predicted octanol–water partition coefficient (Wildman–Crippen LogP) is -0.0362. The molecule has 1 unspecified atom stereocenters. The molecule has 0 aromatic heterocycles. The van der Waals surface area contributed by atoms with E-state index in [1.807, 2.05) is 13.8 Å². The Hall–Kier alpha value is -1.10. The number of nitrogens with one attached hydrogen (secondary N) is 2. The van der Waals surface area contributed by atoms with Crippen molar-refractivity contribution in [1.29, 1.82) is 0 Å². The first-order valence-corrected chi connectivity index (χ1v) is 4.73. The molecule has 82 valence electrons. The van der Waals surface area contributed by atoms with Crippen LogP contribution in [0.4, 0.5) is 0 Å². The maximum absolute atomic E-state index is 11.2. The van der Waals surface area contributed by atoms with Crippen molar-refractivity contribution in [3.05, 3.63) is 0 Å². The van der Waals surface area contributed by atoms with Crippen molar-refractivity contribution in [3.8, 4) is 0 Å². The van der Waals surface area contributed by atoms with Crippen molar-refractivity contribution >= 4 is 11.9 Å². The molecule has 0 saturated carbocycles. The lowest BCUT2D eigenvalue weighted by molar-refractivity contribution is -0.139. The lowest BCUT2D eigenvalue weighted by Gasteiger charge is -2.13. The zero-order chi connectivity index (χ0) is 11.1. The van der Waals surface area contributed by atoms with Crippen LogP contribution in [0.1, 0.15) is 27.2 Å². The van der Waals surface area contributed by atoms with E-state index in [2.05, 4.69) is 10.6 Å². The van der Waals surface area contributed by atoms with Crippen LogP contribution in [-0.2, 0) is 9.59 Å². The zero-order valence-corrected chi connectivity index (χ0v) is 8.83. The van der Waals surface area contributed by atoms with Crippen LogP contribution in [0, 0.1) is 0 Å². The molecule has 5 nitrogen and oxygen atoms in total. The maximum atomic E-state index is 11.2. The molecule has 1 amide bonds. The third kappa shape index (κ3) is 5.53. The van der Waals surface area contributed by atoms with Crippen molar-refractivity contribution in [2.45, 2.75) is 39.3 Å². The third-order valence-corrected chi connectivity index (χ3v) is 1.96. The molecule has 0 saturated heterocycles. The summed E-state index contributed by atoms with van der Waals surface area (Å²) in [5.41, 5.74) is 0. The fourth-order valence-corrected chi connectivity index (χ4v) is 0.761. The van der Waals surface area contributed by atoms with E-state index in [-0.39, 0.29) is 18.5 Å². The largest absolute Gasteiger partial charge is 0.480 e. The summed E-state index contributed by atoms with van der Waals surface area (Å²) in [6.07, 6.45) is 0.861. The van der Waals surface area contributed by atoms with Gasteiger partial charge < -0.3 is 10.4 Å². The summed E-state index contributed by atoms with van der Waals surface area (Å²) in [5.74, 6) is -1.13. The van der Waals surface area contributed by atoms with Crippen LogP contribution >= 0.6 is 0 Å². The van der Waals surface area contributed by atoms with E-state index in [0.29, 0.717) is 0 Å². The van der Waals surface area contributed by atoms with Gasteiger partial charge in [-0.05, 0) is 20.3 Å². The average Bonchev–Trinajstić information content (AvgIpc) is 2.13. The number of aliphatic carboxylic acids is 1. The van der Waals surface area contributed by atoms with Crippen LogP contribution in [0.25, 0.3) is 0 Å². The SMILES string of the molecule is CCC(C)NC(=O)CN[C@@H](C)C(=O)O. The molecule has 0 fully saturated rings. The maximum Gasteiger partial charge on any atom is 0.320 e. The van der Waals surface area contributed by atoms with Crippen molar-refractivity contribution in [1.82, 2.24) is 10.6 Å². The molecule has 0 aliphatic rings. The van der Waals surface area contributed by atoms with E-state index in [0.717, 1.165) is 6.42 Å². The summed E-state index contributed by atoms with van der Waals surface area (Å²) >= 11 is 0. The average molecular weight is 202 g/mol. The Labute approximate surface area is 83.9 Å². The number of carboxylic acids is 1. The van der Waals surface area contributed by atoms with E-state index in [1.54, 1.807) is 0 Å². The first-order valence-electron chi connectivity index (χ1n) is 4.73. The molecule has 0 aliphatic carbocycles. The first-order chi connectivity index (χ1) is 6.47. The minimum atomic E-state index is -0.957. The van der Waals surface area contributed by atoms with E-state index in [1.165, 1.54) is 6.92 Å². The molecular weight excluding hydrogens is 184 g/mol. The van der Waals surface area contributed by atoms with Crippen LogP contribution in [0.5, 0.6) is 0 Å². The van der Waals surface area contributed by atoms with Crippen LogP contribution < -0.4 is 10.6 Å². The molecule has 0 aliphatic heterocycles. The highest BCUT2D eigenvalue weighted by atomic mass is 16.4. The van der Waals surface area contributed by atoms with Gasteiger partial charge >= 0.3 is 5.97 Å². The predicted molar refractivity (Wildman–Crippen MR) is 53.0 cm³/mol. The molecule has 0 aromatic rings. The van der Waals surface area contributed by atoms with Crippen LogP contribution in [0.2, 0.25) is 0 Å². The fraction of sp³-hybridized carbons (Fsp3) is 0.778. The van der Waals surface area contributed by atoms with Gasteiger partial charge in [-0.3, -0.25) is 14.9 Å². The highest BCUT2D eigenvalue weighted by molar-refractivity contribution is 5.79. The summed E-state index contributed by atoms with van der Waals surface area (Å²) in [6.45, 7) is 5.41. The number of rotatable bonds is 6. The lowest BCUT2D eigenvalue weighted by Crippen LogP contribution is -2.43. The van der Waals surface area contributed by atoms with Gasteiger partial charge in [-0.15, -0.1) is 0 Å². The fourth-order valence-electron chi connectivity index (χ4n) is 0.761. The number of carbonyl (C=O) groups excluding carboxylic acids is 1. The van der Waals surface area contributed by atoms with Gasteiger partial charge in [0.15, 0.2) is 0 Å². The quantitative estimate of drug-likeness (QED) is 0.565. The summed E-state index contributed by atoms with van der Waals surface area (Å²) < 4.78 is 0. The molecule has 14 heavy (non-hydrogen) atoms. The van der Waals surface area contributed by atoms with Crippen molar-refractivity contribution in [2.75, 3.05) is 6.54 Å². The minimum absolute atomic E-state index is 0.0395. The Morgan fingerprint density at radius 1 is 1.36 bits per heavy atom. The van der Waals surface area contributed by atoms with E-state index < -0.39 is 12.0 Å². The molecular formula is C9H18N2O3. The molecule has 0 spiro atoms. The molecule has 0 heterocycles. The monoisotopic (exact) mass is 202 g/mol. The van der Waals surface area contributed by atoms with Crippen molar-refractivity contribution in [3.63, 3.8) is 0 Å². The normalized spacial score (nSPS) is 14.5. The Balaban J connectivity index is 3.69. The zero-order valence-electron chi connectivity index (χ0n) is 8.83. The minimum Gasteiger partial charge on any atom is -0.480 e. The first kappa shape index (κ1) is 12.9. The number of hydrogen-bond acceptors (Lipinski definition) is 3. The number of hydrogen-bond donors (Lipinski definition) is 3. The van der Waals surface area contributed by atoms with Crippen LogP contribution in [0.15, 0.2) is 0 Å². The molecule has 2 atom stereocenters. The Kier molecular flexibility index (Phi) is 5.87. The second-order valence-corrected chi connectivity index (χ2v) is 3.32. The molecule has 0 rings (SSSR count). The van der Waals surface area contributed by atoms with Gasteiger partial charge in [-0.1, -0.05) is 6.92 Å². The lowest BCUT2D eigenvalue weighted by atomic mass is 10.2. The van der Waals surface area contributed by atoms with Gasteiger partial charge in [0.05, 0.1) is 6.54 Å². The number of carboxylic acid groups (broad SMARTS) is 1. The van der Waals surface area contributed by atoms with Gasteiger partial charge in [0.2, 0.25) is 5.91 Å². The topological polar surface area (TPSA) is 78.4 Å². The Bertz CT molecular complexity index is 206. The van der Waals surface area contributed by atoms with Crippen molar-refractivity contribution < 1.29 is 14.7 Å². The molecule has 3 N–H and O–H groups in total. The summed E-state index contributed by atoms with van der Waals surface area (Å²) in [7, 11) is 0. The Morgan fingerprint density at radius 3 is 2.36 bits per heavy atom. The van der Waals surface area contributed by atoms with Gasteiger partial charge in [0.25, 0.3) is 0 Å². The standard InChI is InChI=1S/C9H18N2O3/c1-4-6(2)11-8(12)5-10-7(3)9(13)14/h6-7,10H,4-5H2,1-3H3,(H,11,12)(H,13,14)/t6?,7-/m0/s1. The smallest absolute Gasteiger partial charge is 0.320 e. The summed E-state index contributed by atoms with van der Waals surface area (Å²) in [5, 5.41) is 13.9. The van der Waals surface area contributed by atoms with E-state index >= 15 is 0 Å². The van der Waals surface area contributed by atoms with Crippen LogP contribution in [-0.4, -0.2) is 35.6 Å². The highest BCUT2D eigenvalue weighted by Crippen LogP contribution is 1.87. The second kappa shape index (κ2) is 6.37. The van der Waals surface area contributed by atoms with E-state index in [9.17, 15) is 9.59 Å². The molecule has 0 aromatic carbocycles. The third-order valence-electron chi connectivity index (χ3n) is 1.96. The van der Waals surface area contributed by atoms with Crippen LogP contribution in [0.3, 0.4) is 0 Å².